The highest BCUT2D eigenvalue weighted by molar-refractivity contribution is 5.79. The maximum atomic E-state index is 11.7. The average Bonchev–Trinajstić information content (AvgIpc) is 2.82. The molecule has 2 N–H and O–H groups in total. The molecular weight excluding hydrogens is 240 g/mol. The second-order valence-corrected chi connectivity index (χ2v) is 6.09. The Hall–Kier alpha value is -0.610. The number of hydrogen-bond acceptors (Lipinski definition) is 3. The van der Waals surface area contributed by atoms with Gasteiger partial charge in [0.2, 0.25) is 0 Å². The van der Waals surface area contributed by atoms with E-state index in [9.17, 15) is 9.90 Å². The highest BCUT2D eigenvalue weighted by Gasteiger charge is 2.48. The van der Waals surface area contributed by atoms with Crippen LogP contribution in [0.3, 0.4) is 0 Å². The smallest absolute Gasteiger partial charge is 0.324 e. The fourth-order valence-corrected chi connectivity index (χ4v) is 3.90. The summed E-state index contributed by atoms with van der Waals surface area (Å²) >= 11 is 0. The van der Waals surface area contributed by atoms with Crippen molar-refractivity contribution in [3.05, 3.63) is 0 Å². The fraction of sp³-hybridized carbons (Fsp3) is 0.933. The molecule has 0 aromatic carbocycles. The third-order valence-electron chi connectivity index (χ3n) is 4.94. The maximum Gasteiger partial charge on any atom is 0.324 e. The van der Waals surface area contributed by atoms with Gasteiger partial charge >= 0.3 is 5.97 Å². The van der Waals surface area contributed by atoms with E-state index in [1.54, 1.807) is 0 Å². The third-order valence-corrected chi connectivity index (χ3v) is 4.94. The number of carboxylic acid groups (broad SMARTS) is 1. The molecule has 4 nitrogen and oxygen atoms in total. The molecule has 2 fully saturated rings. The molecule has 1 saturated carbocycles. The summed E-state index contributed by atoms with van der Waals surface area (Å²) in [6, 6.07) is 0. The zero-order chi connectivity index (χ0) is 13.7. The lowest BCUT2D eigenvalue weighted by molar-refractivity contribution is -0.146. The highest BCUT2D eigenvalue weighted by Crippen LogP contribution is 2.38. The van der Waals surface area contributed by atoms with Gasteiger partial charge < -0.3 is 15.3 Å². The fourth-order valence-electron chi connectivity index (χ4n) is 3.90. The van der Waals surface area contributed by atoms with Crippen molar-refractivity contribution in [3.8, 4) is 0 Å². The van der Waals surface area contributed by atoms with Crippen LogP contribution in [-0.4, -0.2) is 47.7 Å². The number of rotatable bonds is 6. The summed E-state index contributed by atoms with van der Waals surface area (Å²) in [7, 11) is 0. The maximum absolute atomic E-state index is 11.7. The largest absolute Gasteiger partial charge is 0.480 e. The molecule has 1 heterocycles. The first-order valence-electron chi connectivity index (χ1n) is 7.90. The molecular formula is C15H28N2O2. The molecule has 19 heavy (non-hydrogen) atoms. The minimum atomic E-state index is -0.648. The summed E-state index contributed by atoms with van der Waals surface area (Å²) in [6.07, 6.45) is 7.90. The zero-order valence-electron chi connectivity index (χ0n) is 12.2. The van der Waals surface area contributed by atoms with Gasteiger partial charge in [0, 0.05) is 0 Å². The topological polar surface area (TPSA) is 52.6 Å². The summed E-state index contributed by atoms with van der Waals surface area (Å²) in [5.41, 5.74) is -0.648. The lowest BCUT2D eigenvalue weighted by Crippen LogP contribution is -2.55. The molecule has 0 radical (unpaired) electrons. The lowest BCUT2D eigenvalue weighted by Gasteiger charge is -2.34. The van der Waals surface area contributed by atoms with Crippen LogP contribution in [0.15, 0.2) is 0 Å². The molecule has 2 atom stereocenters. The van der Waals surface area contributed by atoms with Gasteiger partial charge in [0.05, 0.1) is 0 Å². The number of nitrogens with one attached hydrogen (secondary N) is 1. The van der Waals surface area contributed by atoms with Gasteiger partial charge in [0.15, 0.2) is 0 Å². The Morgan fingerprint density at radius 1 is 1.32 bits per heavy atom. The molecule has 1 aliphatic heterocycles. The van der Waals surface area contributed by atoms with Crippen LogP contribution in [0.1, 0.15) is 51.9 Å². The Morgan fingerprint density at radius 3 is 2.68 bits per heavy atom. The van der Waals surface area contributed by atoms with Crippen molar-refractivity contribution in [3.63, 3.8) is 0 Å². The van der Waals surface area contributed by atoms with Crippen molar-refractivity contribution in [2.75, 3.05) is 26.2 Å². The minimum Gasteiger partial charge on any atom is -0.480 e. The molecule has 2 rings (SSSR count). The number of likely N-dealkylation sites (tertiary alicyclic amines) is 1. The summed E-state index contributed by atoms with van der Waals surface area (Å²) < 4.78 is 0. The normalized spacial score (nSPS) is 32.6. The van der Waals surface area contributed by atoms with Crippen molar-refractivity contribution in [2.45, 2.75) is 57.4 Å². The van der Waals surface area contributed by atoms with E-state index in [1.165, 1.54) is 32.4 Å². The van der Waals surface area contributed by atoms with Crippen molar-refractivity contribution in [1.82, 2.24) is 10.2 Å². The van der Waals surface area contributed by atoms with Gasteiger partial charge in [-0.1, -0.05) is 19.8 Å². The van der Waals surface area contributed by atoms with Crippen LogP contribution in [0.4, 0.5) is 0 Å². The second kappa shape index (κ2) is 6.71. The minimum absolute atomic E-state index is 0.298. The third kappa shape index (κ3) is 3.29. The molecule has 110 valence electrons. The standard InChI is InChI=1S/C15H28N2O2/c1-2-16-15(14(18)19)9-6-7-13(15)8-12-17-10-4-3-5-11-17/h13,16H,2-12H2,1H3,(H,18,19). The first-order valence-corrected chi connectivity index (χ1v) is 7.90. The molecule has 0 spiro atoms. The van der Waals surface area contributed by atoms with E-state index in [0.29, 0.717) is 5.92 Å². The van der Waals surface area contributed by atoms with E-state index in [1.807, 2.05) is 6.92 Å². The van der Waals surface area contributed by atoms with Gasteiger partial charge in [0.25, 0.3) is 0 Å². The first-order chi connectivity index (χ1) is 9.19. The van der Waals surface area contributed by atoms with E-state index in [0.717, 1.165) is 38.8 Å². The highest BCUT2D eigenvalue weighted by atomic mass is 16.4. The van der Waals surface area contributed by atoms with Gasteiger partial charge in [-0.15, -0.1) is 0 Å². The summed E-state index contributed by atoms with van der Waals surface area (Å²) in [5, 5.41) is 12.9. The quantitative estimate of drug-likeness (QED) is 0.774. The van der Waals surface area contributed by atoms with E-state index in [4.69, 9.17) is 0 Å². The number of likely N-dealkylation sites (N-methyl/N-ethyl adjacent to an activating group) is 1. The summed E-state index contributed by atoms with van der Waals surface area (Å²) in [5.74, 6) is -0.345. The van der Waals surface area contributed by atoms with Gasteiger partial charge in [-0.05, 0) is 64.2 Å². The summed E-state index contributed by atoms with van der Waals surface area (Å²) in [6.45, 7) is 6.23. The SMILES string of the molecule is CCNC1(C(=O)O)CCCC1CCN1CCCCC1. The first kappa shape index (κ1) is 14.8. The van der Waals surface area contributed by atoms with Crippen LogP contribution >= 0.6 is 0 Å². The number of aliphatic carboxylic acids is 1. The van der Waals surface area contributed by atoms with Gasteiger partial charge in [-0.2, -0.15) is 0 Å². The Bertz CT molecular complexity index is 303. The molecule has 0 aromatic rings. The van der Waals surface area contributed by atoms with E-state index >= 15 is 0 Å². The molecule has 1 saturated heterocycles. The Kier molecular flexibility index (Phi) is 5.22. The van der Waals surface area contributed by atoms with Crippen molar-refractivity contribution in [2.24, 2.45) is 5.92 Å². The molecule has 2 aliphatic rings. The molecule has 0 aromatic heterocycles. The predicted octanol–water partition coefficient (Wildman–Crippen LogP) is 2.10. The van der Waals surface area contributed by atoms with Gasteiger partial charge in [-0.3, -0.25) is 4.79 Å². The number of piperidine rings is 1. The Labute approximate surface area is 116 Å². The Balaban J connectivity index is 1.91. The average molecular weight is 268 g/mol. The number of nitrogens with zero attached hydrogens (tertiary/aromatic N) is 1. The predicted molar refractivity (Wildman–Crippen MR) is 76.3 cm³/mol. The van der Waals surface area contributed by atoms with Crippen molar-refractivity contribution < 1.29 is 9.90 Å². The van der Waals surface area contributed by atoms with Crippen LogP contribution in [0.2, 0.25) is 0 Å². The molecule has 0 amide bonds. The molecule has 4 heteroatoms. The zero-order valence-corrected chi connectivity index (χ0v) is 12.2. The number of hydrogen-bond donors (Lipinski definition) is 2. The van der Waals surface area contributed by atoms with E-state index in [-0.39, 0.29) is 0 Å². The number of carbonyl (C=O) groups is 1. The van der Waals surface area contributed by atoms with E-state index < -0.39 is 11.5 Å². The van der Waals surface area contributed by atoms with Crippen molar-refractivity contribution >= 4 is 5.97 Å². The van der Waals surface area contributed by atoms with Crippen LogP contribution in [0, 0.1) is 5.92 Å². The monoisotopic (exact) mass is 268 g/mol. The number of carboxylic acids is 1. The summed E-state index contributed by atoms with van der Waals surface area (Å²) in [4.78, 5) is 14.2. The lowest BCUT2D eigenvalue weighted by atomic mass is 9.84. The van der Waals surface area contributed by atoms with E-state index in [2.05, 4.69) is 10.2 Å². The molecule has 1 aliphatic carbocycles. The van der Waals surface area contributed by atoms with Crippen LogP contribution in [0.5, 0.6) is 0 Å². The van der Waals surface area contributed by atoms with Crippen LogP contribution in [-0.2, 0) is 4.79 Å². The van der Waals surface area contributed by atoms with Crippen LogP contribution < -0.4 is 5.32 Å². The molecule has 0 bridgehead atoms. The Morgan fingerprint density at radius 2 is 2.05 bits per heavy atom. The van der Waals surface area contributed by atoms with Crippen LogP contribution in [0.25, 0.3) is 0 Å². The van der Waals surface area contributed by atoms with Crippen molar-refractivity contribution in [1.29, 1.82) is 0 Å². The van der Waals surface area contributed by atoms with Gasteiger partial charge in [0.1, 0.15) is 5.54 Å². The molecule has 2 unspecified atom stereocenters. The van der Waals surface area contributed by atoms with Gasteiger partial charge in [-0.25, -0.2) is 0 Å². The second-order valence-electron chi connectivity index (χ2n) is 6.09.